The predicted octanol–water partition coefficient (Wildman–Crippen LogP) is 5.51. The fourth-order valence-corrected chi connectivity index (χ4v) is 4.32. The molecular formula is C25H29N3O. The molecule has 1 aliphatic rings. The van der Waals surface area contributed by atoms with E-state index < -0.39 is 0 Å². The van der Waals surface area contributed by atoms with Gasteiger partial charge in [0, 0.05) is 23.5 Å². The van der Waals surface area contributed by atoms with Crippen LogP contribution in [-0.4, -0.2) is 28.5 Å². The molecule has 1 aromatic heterocycles. The summed E-state index contributed by atoms with van der Waals surface area (Å²) in [7, 11) is 0. The Morgan fingerprint density at radius 2 is 1.76 bits per heavy atom. The van der Waals surface area contributed by atoms with Gasteiger partial charge in [-0.3, -0.25) is 9.80 Å². The van der Waals surface area contributed by atoms with E-state index >= 15 is 0 Å². The largest absolute Gasteiger partial charge is 0.274 e. The molecule has 1 amide bonds. The molecule has 1 saturated carbocycles. The number of amides is 1. The molecule has 1 N–H and O–H groups in total. The van der Waals surface area contributed by atoms with Crippen LogP contribution in [0.25, 0.3) is 22.2 Å². The van der Waals surface area contributed by atoms with Crippen LogP contribution < -0.4 is 5.43 Å². The van der Waals surface area contributed by atoms with Crippen molar-refractivity contribution < 1.29 is 4.79 Å². The summed E-state index contributed by atoms with van der Waals surface area (Å²) in [5, 5.41) is 2.77. The summed E-state index contributed by atoms with van der Waals surface area (Å²) < 4.78 is 0. The molecule has 4 heteroatoms. The number of rotatable bonds is 6. The lowest BCUT2D eigenvalue weighted by atomic mass is 9.97. The van der Waals surface area contributed by atoms with E-state index in [1.165, 1.54) is 12.8 Å². The van der Waals surface area contributed by atoms with Crippen molar-refractivity contribution in [3.05, 3.63) is 65.7 Å². The minimum atomic E-state index is 0.0482. The molecule has 0 unspecified atom stereocenters. The van der Waals surface area contributed by atoms with Crippen molar-refractivity contribution in [1.82, 2.24) is 15.4 Å². The molecule has 1 heterocycles. The number of nitrogens with one attached hydrogen (secondary N) is 1. The zero-order valence-corrected chi connectivity index (χ0v) is 17.3. The van der Waals surface area contributed by atoms with E-state index in [-0.39, 0.29) is 5.91 Å². The molecule has 0 saturated heterocycles. The van der Waals surface area contributed by atoms with Crippen LogP contribution in [0.2, 0.25) is 0 Å². The monoisotopic (exact) mass is 387 g/mol. The van der Waals surface area contributed by atoms with Gasteiger partial charge in [-0.05, 0) is 37.8 Å². The minimum absolute atomic E-state index is 0.0482. The number of hydrogen-bond acceptors (Lipinski definition) is 3. The second-order valence-electron chi connectivity index (χ2n) is 7.91. The Morgan fingerprint density at radius 3 is 2.48 bits per heavy atom. The summed E-state index contributed by atoms with van der Waals surface area (Å²) in [5.74, 6) is 0.0482. The first-order valence-electron chi connectivity index (χ1n) is 10.7. The van der Waals surface area contributed by atoms with Gasteiger partial charge in [0.25, 0.3) is 5.91 Å². The highest BCUT2D eigenvalue weighted by molar-refractivity contribution is 6.08. The van der Waals surface area contributed by atoms with E-state index in [1.54, 1.807) is 0 Å². The quantitative estimate of drug-likeness (QED) is 0.567. The first-order valence-corrected chi connectivity index (χ1v) is 10.7. The van der Waals surface area contributed by atoms with Gasteiger partial charge in [-0.1, -0.05) is 68.3 Å². The zero-order valence-electron chi connectivity index (χ0n) is 17.3. The Bertz CT molecular complexity index is 994. The molecular weight excluding hydrogens is 358 g/mol. The number of pyridine rings is 1. The Balaban J connectivity index is 1.82. The molecule has 0 atom stereocenters. The second-order valence-corrected chi connectivity index (χ2v) is 7.91. The third-order valence-corrected chi connectivity index (χ3v) is 5.78. The number of fused-ring (bicyclic) bond motifs is 1. The van der Waals surface area contributed by atoms with Gasteiger partial charge in [-0.25, -0.2) is 10.4 Å². The molecule has 0 radical (unpaired) electrons. The van der Waals surface area contributed by atoms with Crippen LogP contribution in [0.4, 0.5) is 0 Å². The first-order chi connectivity index (χ1) is 14.2. The van der Waals surface area contributed by atoms with Crippen LogP contribution in [0.1, 0.15) is 54.9 Å². The number of hydrazine groups is 1. The third kappa shape index (κ3) is 4.03. The van der Waals surface area contributed by atoms with E-state index in [9.17, 15) is 4.79 Å². The lowest BCUT2D eigenvalue weighted by Gasteiger charge is -2.28. The van der Waals surface area contributed by atoms with E-state index in [0.717, 1.165) is 52.5 Å². The van der Waals surface area contributed by atoms with Crippen molar-refractivity contribution in [3.63, 3.8) is 0 Å². The summed E-state index contributed by atoms with van der Waals surface area (Å²) in [5.41, 5.74) is 8.00. The van der Waals surface area contributed by atoms with Crippen molar-refractivity contribution in [2.45, 2.75) is 52.0 Å². The molecule has 29 heavy (non-hydrogen) atoms. The maximum absolute atomic E-state index is 13.8. The Labute approximate surface area is 172 Å². The number of para-hydroxylation sites is 1. The van der Waals surface area contributed by atoms with Gasteiger partial charge in [-0.2, -0.15) is 0 Å². The smallest absolute Gasteiger partial charge is 0.269 e. The van der Waals surface area contributed by atoms with E-state index in [1.807, 2.05) is 54.4 Å². The maximum atomic E-state index is 13.8. The molecule has 2 aromatic carbocycles. The van der Waals surface area contributed by atoms with E-state index in [2.05, 4.69) is 24.5 Å². The van der Waals surface area contributed by atoms with Gasteiger partial charge in [0.15, 0.2) is 0 Å². The van der Waals surface area contributed by atoms with Crippen molar-refractivity contribution in [2.75, 3.05) is 6.54 Å². The van der Waals surface area contributed by atoms with Crippen molar-refractivity contribution in [1.29, 1.82) is 0 Å². The molecule has 0 aliphatic heterocycles. The Hall–Kier alpha value is -2.72. The van der Waals surface area contributed by atoms with E-state index in [0.29, 0.717) is 12.6 Å². The molecule has 0 spiro atoms. The van der Waals surface area contributed by atoms with Crippen LogP contribution in [-0.2, 0) is 0 Å². The highest BCUT2D eigenvalue weighted by Gasteiger charge is 2.26. The number of carbonyl (C=O) groups is 1. The van der Waals surface area contributed by atoms with Gasteiger partial charge < -0.3 is 0 Å². The van der Waals surface area contributed by atoms with Crippen LogP contribution in [0.3, 0.4) is 0 Å². The minimum Gasteiger partial charge on any atom is -0.274 e. The number of carbonyl (C=O) groups excluding carboxylic acids is 1. The van der Waals surface area contributed by atoms with Gasteiger partial charge in [0.1, 0.15) is 0 Å². The highest BCUT2D eigenvalue weighted by Crippen LogP contribution is 2.30. The fraction of sp³-hybridized carbons (Fsp3) is 0.360. The standard InChI is InChI=1S/C25H29N3O/c1-3-17-28(27-20-13-7-8-14-20)25(29)23-18(2)24(19-11-5-4-6-12-19)26-22-16-10-9-15-21(22)23/h4-6,9-12,15-16,20,27H,3,7-8,13-14,17H2,1-2H3. The lowest BCUT2D eigenvalue weighted by Crippen LogP contribution is -2.48. The van der Waals surface area contributed by atoms with Gasteiger partial charge in [0.2, 0.25) is 0 Å². The molecule has 1 aliphatic carbocycles. The molecule has 0 bridgehead atoms. The Kier molecular flexibility index (Phi) is 5.91. The molecule has 4 rings (SSSR count). The predicted molar refractivity (Wildman–Crippen MR) is 119 cm³/mol. The highest BCUT2D eigenvalue weighted by atomic mass is 16.2. The summed E-state index contributed by atoms with van der Waals surface area (Å²) in [6, 6.07) is 18.5. The number of benzene rings is 2. The lowest BCUT2D eigenvalue weighted by molar-refractivity contribution is 0.0620. The third-order valence-electron chi connectivity index (χ3n) is 5.78. The van der Waals surface area contributed by atoms with Gasteiger partial charge >= 0.3 is 0 Å². The molecule has 1 fully saturated rings. The maximum Gasteiger partial charge on any atom is 0.269 e. The molecule has 4 nitrogen and oxygen atoms in total. The van der Waals surface area contributed by atoms with Crippen LogP contribution in [0.15, 0.2) is 54.6 Å². The van der Waals surface area contributed by atoms with Crippen molar-refractivity contribution >= 4 is 16.8 Å². The summed E-state index contributed by atoms with van der Waals surface area (Å²) in [6.07, 6.45) is 5.67. The van der Waals surface area contributed by atoms with Gasteiger partial charge in [-0.15, -0.1) is 0 Å². The van der Waals surface area contributed by atoms with Crippen LogP contribution in [0.5, 0.6) is 0 Å². The van der Waals surface area contributed by atoms with Crippen LogP contribution in [0, 0.1) is 6.92 Å². The summed E-state index contributed by atoms with van der Waals surface area (Å²) >= 11 is 0. The van der Waals surface area contributed by atoms with Crippen molar-refractivity contribution in [3.8, 4) is 11.3 Å². The van der Waals surface area contributed by atoms with E-state index in [4.69, 9.17) is 4.98 Å². The number of hydrogen-bond donors (Lipinski definition) is 1. The zero-order chi connectivity index (χ0) is 20.2. The number of aromatic nitrogens is 1. The van der Waals surface area contributed by atoms with Crippen molar-refractivity contribution in [2.24, 2.45) is 0 Å². The van der Waals surface area contributed by atoms with Gasteiger partial charge in [0.05, 0.1) is 16.8 Å². The fourth-order valence-electron chi connectivity index (χ4n) is 4.32. The Morgan fingerprint density at radius 1 is 1.07 bits per heavy atom. The molecule has 3 aromatic rings. The second kappa shape index (κ2) is 8.75. The molecule has 150 valence electrons. The SMILES string of the molecule is CCCN(NC1CCCC1)C(=O)c1c(C)c(-c2ccccc2)nc2ccccc12. The first kappa shape index (κ1) is 19.6. The average molecular weight is 388 g/mol. The topological polar surface area (TPSA) is 45.2 Å². The summed E-state index contributed by atoms with van der Waals surface area (Å²) in [6.45, 7) is 4.84. The summed E-state index contributed by atoms with van der Waals surface area (Å²) in [4.78, 5) is 18.7. The number of nitrogens with zero attached hydrogens (tertiary/aromatic N) is 2. The normalized spacial score (nSPS) is 14.4. The average Bonchev–Trinajstić information content (AvgIpc) is 3.26. The van der Waals surface area contributed by atoms with Crippen LogP contribution >= 0.6 is 0 Å².